The molecule has 146 valence electrons. The van der Waals surface area contributed by atoms with Crippen molar-refractivity contribution in [1.29, 1.82) is 0 Å². The molecule has 0 aromatic heterocycles. The van der Waals surface area contributed by atoms with Gasteiger partial charge in [0.05, 0.1) is 10.7 Å². The van der Waals surface area contributed by atoms with E-state index in [0.29, 0.717) is 21.6 Å². The summed E-state index contributed by atoms with van der Waals surface area (Å²) < 4.78 is 13.3. The van der Waals surface area contributed by atoms with Gasteiger partial charge in [-0.3, -0.25) is 14.5 Å². The summed E-state index contributed by atoms with van der Waals surface area (Å²) in [5.41, 5.74) is 1.90. The van der Waals surface area contributed by atoms with Gasteiger partial charge in [-0.1, -0.05) is 41.0 Å². The lowest BCUT2D eigenvalue weighted by atomic mass is 10.2. The van der Waals surface area contributed by atoms with Crippen molar-refractivity contribution in [3.63, 3.8) is 0 Å². The fourth-order valence-corrected chi connectivity index (χ4v) is 4.06. The van der Waals surface area contributed by atoms with Crippen molar-refractivity contribution >= 4 is 63.3 Å². The molecule has 1 N–H and O–H groups in total. The molecule has 2 aromatic carbocycles. The van der Waals surface area contributed by atoms with E-state index in [9.17, 15) is 14.0 Å². The summed E-state index contributed by atoms with van der Waals surface area (Å²) in [6, 6.07) is 9.26. The van der Waals surface area contributed by atoms with E-state index in [2.05, 4.69) is 10.3 Å². The molecule has 1 aliphatic heterocycles. The molecule has 2 amide bonds. The van der Waals surface area contributed by atoms with Crippen molar-refractivity contribution in [3.05, 3.63) is 57.8 Å². The smallest absolute Gasteiger partial charge is 0.242 e. The standard InChI is InChI=1S/C19H16Cl2FN3O2S/c1-10-3-4-11(20)7-15(10)24-17(26)9-16-18(27)25(2)19(28-16)23-12-5-6-14(22)13(21)8-12/h3-8,16H,9H2,1-2H3,(H,24,26)/t16-/m1/s1. The van der Waals surface area contributed by atoms with Crippen LogP contribution < -0.4 is 5.32 Å². The lowest BCUT2D eigenvalue weighted by Gasteiger charge is -2.11. The molecule has 0 bridgehead atoms. The number of hydrogen-bond donors (Lipinski definition) is 1. The van der Waals surface area contributed by atoms with E-state index in [1.165, 1.54) is 34.9 Å². The third kappa shape index (κ3) is 4.66. The molecule has 0 spiro atoms. The Kier molecular flexibility index (Phi) is 6.27. The molecule has 28 heavy (non-hydrogen) atoms. The summed E-state index contributed by atoms with van der Waals surface area (Å²) in [6.07, 6.45) is -0.0109. The minimum absolute atomic E-state index is 0.0109. The van der Waals surface area contributed by atoms with Crippen molar-refractivity contribution in [2.45, 2.75) is 18.6 Å². The number of carbonyl (C=O) groups excluding carboxylic acids is 2. The molecule has 0 saturated carbocycles. The van der Waals surface area contributed by atoms with Crippen molar-refractivity contribution in [2.75, 3.05) is 12.4 Å². The van der Waals surface area contributed by atoms with Crippen LogP contribution in [-0.4, -0.2) is 34.2 Å². The second-order valence-electron chi connectivity index (χ2n) is 6.21. The molecule has 1 heterocycles. The predicted octanol–water partition coefficient (Wildman–Crippen LogP) is 5.03. The maximum Gasteiger partial charge on any atom is 0.242 e. The number of nitrogens with one attached hydrogen (secondary N) is 1. The molecule has 9 heteroatoms. The number of nitrogens with zero attached hydrogens (tertiary/aromatic N) is 2. The zero-order valence-corrected chi connectivity index (χ0v) is 17.3. The quantitative estimate of drug-likeness (QED) is 0.726. The monoisotopic (exact) mass is 439 g/mol. The summed E-state index contributed by atoms with van der Waals surface area (Å²) >= 11 is 12.9. The van der Waals surface area contributed by atoms with Gasteiger partial charge in [-0.2, -0.15) is 0 Å². The Bertz CT molecular complexity index is 984. The van der Waals surface area contributed by atoms with Crippen LogP contribution >= 0.6 is 35.0 Å². The number of carbonyl (C=O) groups is 2. The van der Waals surface area contributed by atoms with Crippen LogP contribution in [0.3, 0.4) is 0 Å². The normalized spacial score (nSPS) is 18.0. The van der Waals surface area contributed by atoms with Gasteiger partial charge >= 0.3 is 0 Å². The molecule has 3 rings (SSSR count). The third-order valence-corrected chi connectivity index (χ3v) is 5.87. The Morgan fingerprint density at radius 3 is 2.75 bits per heavy atom. The first kappa shape index (κ1) is 20.6. The Morgan fingerprint density at radius 1 is 1.29 bits per heavy atom. The second kappa shape index (κ2) is 8.51. The molecule has 1 fully saturated rings. The molecule has 0 aliphatic carbocycles. The molecular formula is C19H16Cl2FN3O2S. The number of aryl methyl sites for hydroxylation is 1. The maximum absolute atomic E-state index is 13.3. The Balaban J connectivity index is 1.70. The molecule has 0 unspecified atom stereocenters. The van der Waals surface area contributed by atoms with Crippen LogP contribution in [0.1, 0.15) is 12.0 Å². The van der Waals surface area contributed by atoms with Crippen molar-refractivity contribution in [3.8, 4) is 0 Å². The molecule has 1 aliphatic rings. The first-order chi connectivity index (χ1) is 13.2. The van der Waals surface area contributed by atoms with E-state index in [1.54, 1.807) is 25.2 Å². The molecule has 0 radical (unpaired) electrons. The number of aliphatic imine (C=N–C) groups is 1. The van der Waals surface area contributed by atoms with Gasteiger partial charge < -0.3 is 5.32 Å². The van der Waals surface area contributed by atoms with Crippen LogP contribution in [0.15, 0.2) is 41.4 Å². The van der Waals surface area contributed by atoms with Crippen molar-refractivity contribution < 1.29 is 14.0 Å². The number of thioether (sulfide) groups is 1. The molecule has 1 atom stereocenters. The first-order valence-corrected chi connectivity index (χ1v) is 9.92. The first-order valence-electron chi connectivity index (χ1n) is 8.28. The van der Waals surface area contributed by atoms with Gasteiger partial charge in [0.1, 0.15) is 11.1 Å². The number of halogens is 3. The van der Waals surface area contributed by atoms with E-state index in [-0.39, 0.29) is 23.3 Å². The van der Waals surface area contributed by atoms with Gasteiger partial charge in [0, 0.05) is 24.2 Å². The van der Waals surface area contributed by atoms with E-state index in [1.807, 2.05) is 6.92 Å². The predicted molar refractivity (Wildman–Crippen MR) is 112 cm³/mol. The fraction of sp³-hybridized carbons (Fsp3) is 0.211. The van der Waals surface area contributed by atoms with E-state index < -0.39 is 11.1 Å². The van der Waals surface area contributed by atoms with Crippen LogP contribution in [-0.2, 0) is 9.59 Å². The van der Waals surface area contributed by atoms with Crippen molar-refractivity contribution in [2.24, 2.45) is 4.99 Å². The highest BCUT2D eigenvalue weighted by Gasteiger charge is 2.37. The summed E-state index contributed by atoms with van der Waals surface area (Å²) in [4.78, 5) is 30.6. The highest BCUT2D eigenvalue weighted by Crippen LogP contribution is 2.32. The zero-order valence-electron chi connectivity index (χ0n) is 15.0. The number of amides is 2. The largest absolute Gasteiger partial charge is 0.326 e. The topological polar surface area (TPSA) is 61.8 Å². The van der Waals surface area contributed by atoms with Gasteiger partial charge in [-0.15, -0.1) is 0 Å². The van der Waals surface area contributed by atoms with Gasteiger partial charge in [0.25, 0.3) is 0 Å². The average molecular weight is 440 g/mol. The molecule has 2 aromatic rings. The average Bonchev–Trinajstić information content (AvgIpc) is 2.89. The summed E-state index contributed by atoms with van der Waals surface area (Å²) in [6.45, 7) is 1.85. The highest BCUT2D eigenvalue weighted by molar-refractivity contribution is 8.15. The second-order valence-corrected chi connectivity index (χ2v) is 8.22. The fourth-order valence-electron chi connectivity index (χ4n) is 2.56. The van der Waals surface area contributed by atoms with Crippen LogP contribution in [0.4, 0.5) is 15.8 Å². The number of hydrogen-bond acceptors (Lipinski definition) is 4. The number of anilines is 1. The van der Waals surface area contributed by atoms with Gasteiger partial charge in [0.15, 0.2) is 5.17 Å². The number of rotatable bonds is 4. The lowest BCUT2D eigenvalue weighted by Crippen LogP contribution is -2.30. The maximum atomic E-state index is 13.3. The van der Waals surface area contributed by atoms with Crippen LogP contribution in [0.2, 0.25) is 10.0 Å². The van der Waals surface area contributed by atoms with Crippen LogP contribution in [0, 0.1) is 12.7 Å². The zero-order chi connectivity index (χ0) is 20.4. The highest BCUT2D eigenvalue weighted by atomic mass is 35.5. The lowest BCUT2D eigenvalue weighted by molar-refractivity contribution is -0.127. The van der Waals surface area contributed by atoms with Gasteiger partial charge in [-0.05, 0) is 42.8 Å². The Hall–Kier alpha value is -2.09. The molecular weight excluding hydrogens is 424 g/mol. The minimum Gasteiger partial charge on any atom is -0.326 e. The van der Waals surface area contributed by atoms with Crippen LogP contribution in [0.25, 0.3) is 0 Å². The molecule has 5 nitrogen and oxygen atoms in total. The summed E-state index contributed by atoms with van der Waals surface area (Å²) in [5.74, 6) is -1.06. The van der Waals surface area contributed by atoms with Gasteiger partial charge in [-0.25, -0.2) is 9.38 Å². The van der Waals surface area contributed by atoms with Crippen LogP contribution in [0.5, 0.6) is 0 Å². The number of amidine groups is 1. The Morgan fingerprint density at radius 2 is 2.04 bits per heavy atom. The van der Waals surface area contributed by atoms with Crippen molar-refractivity contribution in [1.82, 2.24) is 4.90 Å². The summed E-state index contributed by atoms with van der Waals surface area (Å²) in [7, 11) is 1.58. The summed E-state index contributed by atoms with van der Waals surface area (Å²) in [5, 5.41) is 3.07. The van der Waals surface area contributed by atoms with E-state index >= 15 is 0 Å². The minimum atomic E-state index is -0.598. The number of benzene rings is 2. The SMILES string of the molecule is Cc1ccc(Cl)cc1NC(=O)C[C@H]1SC(=Nc2ccc(F)c(Cl)c2)N(C)C1=O. The van der Waals surface area contributed by atoms with E-state index in [0.717, 1.165) is 5.56 Å². The molecule has 1 saturated heterocycles. The van der Waals surface area contributed by atoms with E-state index in [4.69, 9.17) is 23.2 Å². The van der Waals surface area contributed by atoms with Gasteiger partial charge in [0.2, 0.25) is 11.8 Å². The third-order valence-electron chi connectivity index (χ3n) is 4.11. The Labute approximate surface area is 175 Å².